The second kappa shape index (κ2) is 5.17. The molecule has 3 nitrogen and oxygen atoms in total. The molecule has 0 heterocycles. The van der Waals surface area contributed by atoms with Gasteiger partial charge in [-0.05, 0) is 32.1 Å². The molecule has 1 aliphatic carbocycles. The SMILES string of the molecule is CC(C)N(C)C(=O)CNC1CCCC1(C)C. The molecular weight excluding hydrogens is 200 g/mol. The van der Waals surface area contributed by atoms with E-state index in [4.69, 9.17) is 0 Å². The van der Waals surface area contributed by atoms with Crippen molar-refractivity contribution in [1.29, 1.82) is 0 Å². The summed E-state index contributed by atoms with van der Waals surface area (Å²) in [6.45, 7) is 9.13. The molecule has 0 bridgehead atoms. The molecule has 1 aliphatic rings. The maximum atomic E-state index is 11.8. The molecule has 0 aromatic rings. The van der Waals surface area contributed by atoms with Crippen LogP contribution < -0.4 is 5.32 Å². The van der Waals surface area contributed by atoms with Gasteiger partial charge in [0.25, 0.3) is 0 Å². The predicted molar refractivity (Wildman–Crippen MR) is 67.3 cm³/mol. The van der Waals surface area contributed by atoms with E-state index in [1.54, 1.807) is 4.90 Å². The largest absolute Gasteiger partial charge is 0.342 e. The molecule has 0 aromatic carbocycles. The first-order valence-electron chi connectivity index (χ1n) is 6.33. The highest BCUT2D eigenvalue weighted by atomic mass is 16.2. The molecular formula is C13H26N2O. The van der Waals surface area contributed by atoms with Crippen LogP contribution in [-0.4, -0.2) is 36.5 Å². The number of hydrogen-bond acceptors (Lipinski definition) is 2. The molecule has 0 aliphatic heterocycles. The minimum Gasteiger partial charge on any atom is -0.342 e. The van der Waals surface area contributed by atoms with Crippen LogP contribution in [0.2, 0.25) is 0 Å². The van der Waals surface area contributed by atoms with Crippen LogP contribution in [0.3, 0.4) is 0 Å². The van der Waals surface area contributed by atoms with Crippen LogP contribution in [0.4, 0.5) is 0 Å². The van der Waals surface area contributed by atoms with Crippen molar-refractivity contribution in [1.82, 2.24) is 10.2 Å². The Morgan fingerprint density at radius 1 is 1.50 bits per heavy atom. The molecule has 0 saturated heterocycles. The van der Waals surface area contributed by atoms with Crippen LogP contribution in [0.25, 0.3) is 0 Å². The number of nitrogens with zero attached hydrogens (tertiary/aromatic N) is 1. The fraction of sp³-hybridized carbons (Fsp3) is 0.923. The molecule has 0 radical (unpaired) electrons. The predicted octanol–water partition coefficient (Wildman–Crippen LogP) is 2.02. The van der Waals surface area contributed by atoms with Crippen molar-refractivity contribution >= 4 is 5.91 Å². The van der Waals surface area contributed by atoms with Gasteiger partial charge in [0, 0.05) is 19.1 Å². The summed E-state index contributed by atoms with van der Waals surface area (Å²) in [6, 6.07) is 0.780. The lowest BCUT2D eigenvalue weighted by Gasteiger charge is -2.29. The summed E-state index contributed by atoms with van der Waals surface area (Å²) in [7, 11) is 1.87. The monoisotopic (exact) mass is 226 g/mol. The van der Waals surface area contributed by atoms with Crippen LogP contribution in [0.15, 0.2) is 0 Å². The van der Waals surface area contributed by atoms with E-state index in [0.717, 1.165) is 0 Å². The summed E-state index contributed by atoms with van der Waals surface area (Å²) in [6.07, 6.45) is 3.74. The highest BCUT2D eigenvalue weighted by Gasteiger charge is 2.34. The van der Waals surface area contributed by atoms with Gasteiger partial charge >= 0.3 is 0 Å². The third-order valence-electron chi connectivity index (χ3n) is 3.92. The molecule has 1 rings (SSSR count). The Morgan fingerprint density at radius 3 is 2.56 bits per heavy atom. The normalized spacial score (nSPS) is 23.8. The molecule has 1 fully saturated rings. The van der Waals surface area contributed by atoms with Gasteiger partial charge in [0.15, 0.2) is 0 Å². The zero-order valence-electron chi connectivity index (χ0n) is 11.3. The number of nitrogens with one attached hydrogen (secondary N) is 1. The van der Waals surface area contributed by atoms with Gasteiger partial charge in [0.2, 0.25) is 5.91 Å². The fourth-order valence-corrected chi connectivity index (χ4v) is 2.33. The summed E-state index contributed by atoms with van der Waals surface area (Å²) < 4.78 is 0. The average molecular weight is 226 g/mol. The van der Waals surface area contributed by atoms with Gasteiger partial charge in [0.05, 0.1) is 6.54 Å². The first kappa shape index (κ1) is 13.5. The van der Waals surface area contributed by atoms with Crippen LogP contribution in [-0.2, 0) is 4.79 Å². The van der Waals surface area contributed by atoms with E-state index in [-0.39, 0.29) is 11.9 Å². The van der Waals surface area contributed by atoms with Gasteiger partial charge in [-0.15, -0.1) is 0 Å². The van der Waals surface area contributed by atoms with E-state index in [2.05, 4.69) is 19.2 Å². The summed E-state index contributed by atoms with van der Waals surface area (Å²) in [5.41, 5.74) is 0.344. The second-order valence-electron chi connectivity index (χ2n) is 5.91. The van der Waals surface area contributed by atoms with Gasteiger partial charge in [-0.1, -0.05) is 20.3 Å². The van der Waals surface area contributed by atoms with E-state index < -0.39 is 0 Å². The highest BCUT2D eigenvalue weighted by Crippen LogP contribution is 2.36. The van der Waals surface area contributed by atoms with Crippen molar-refractivity contribution in [3.8, 4) is 0 Å². The van der Waals surface area contributed by atoms with Crippen molar-refractivity contribution in [2.45, 2.75) is 59.0 Å². The number of likely N-dealkylation sites (N-methyl/N-ethyl adjacent to an activating group) is 1. The Kier molecular flexibility index (Phi) is 4.36. The van der Waals surface area contributed by atoms with Crippen LogP contribution in [0.5, 0.6) is 0 Å². The van der Waals surface area contributed by atoms with Gasteiger partial charge in [-0.25, -0.2) is 0 Å². The summed E-state index contributed by atoms with van der Waals surface area (Å²) in [5.74, 6) is 0.192. The fourth-order valence-electron chi connectivity index (χ4n) is 2.33. The molecule has 94 valence electrons. The van der Waals surface area contributed by atoms with E-state index >= 15 is 0 Å². The first-order chi connectivity index (χ1) is 7.34. The Labute approximate surface area is 99.6 Å². The quantitative estimate of drug-likeness (QED) is 0.795. The Bertz CT molecular complexity index is 248. The lowest BCUT2D eigenvalue weighted by Crippen LogP contribution is -2.45. The molecule has 16 heavy (non-hydrogen) atoms. The molecule has 0 aromatic heterocycles. The third-order valence-corrected chi connectivity index (χ3v) is 3.92. The summed E-state index contributed by atoms with van der Waals surface area (Å²) in [5, 5.41) is 3.42. The Hall–Kier alpha value is -0.570. The first-order valence-corrected chi connectivity index (χ1v) is 6.33. The highest BCUT2D eigenvalue weighted by molar-refractivity contribution is 5.78. The summed E-state index contributed by atoms with van der Waals surface area (Å²) in [4.78, 5) is 13.6. The topological polar surface area (TPSA) is 32.3 Å². The zero-order chi connectivity index (χ0) is 12.3. The lowest BCUT2D eigenvalue weighted by molar-refractivity contribution is -0.130. The van der Waals surface area contributed by atoms with Crippen molar-refractivity contribution in [2.75, 3.05) is 13.6 Å². The van der Waals surface area contributed by atoms with Crippen molar-refractivity contribution in [3.05, 3.63) is 0 Å². The van der Waals surface area contributed by atoms with Gasteiger partial charge in [-0.2, -0.15) is 0 Å². The van der Waals surface area contributed by atoms with Gasteiger partial charge < -0.3 is 10.2 Å². The lowest BCUT2D eigenvalue weighted by atomic mass is 9.87. The molecule has 0 spiro atoms. The van der Waals surface area contributed by atoms with Gasteiger partial charge in [0.1, 0.15) is 0 Å². The number of hydrogen-bond donors (Lipinski definition) is 1. The molecule has 1 atom stereocenters. The second-order valence-corrected chi connectivity index (χ2v) is 5.91. The molecule has 1 N–H and O–H groups in total. The smallest absolute Gasteiger partial charge is 0.236 e. The van der Waals surface area contributed by atoms with Crippen molar-refractivity contribution in [3.63, 3.8) is 0 Å². The van der Waals surface area contributed by atoms with Crippen LogP contribution >= 0.6 is 0 Å². The van der Waals surface area contributed by atoms with Crippen molar-refractivity contribution in [2.24, 2.45) is 5.41 Å². The molecule has 1 unspecified atom stereocenters. The number of carbonyl (C=O) groups excluding carboxylic acids is 1. The Morgan fingerprint density at radius 2 is 2.12 bits per heavy atom. The Balaban J connectivity index is 2.37. The molecule has 1 amide bonds. The minimum atomic E-state index is 0.192. The van der Waals surface area contributed by atoms with Crippen LogP contribution in [0, 0.1) is 5.41 Å². The standard InChI is InChI=1S/C13H26N2O/c1-10(2)15(5)12(16)9-14-11-7-6-8-13(11,3)4/h10-11,14H,6-9H2,1-5H3. The summed E-state index contributed by atoms with van der Waals surface area (Å²) >= 11 is 0. The van der Waals surface area contributed by atoms with Gasteiger partial charge in [-0.3, -0.25) is 4.79 Å². The van der Waals surface area contributed by atoms with E-state index in [9.17, 15) is 4.79 Å². The maximum Gasteiger partial charge on any atom is 0.236 e. The minimum absolute atomic E-state index is 0.192. The number of carbonyl (C=O) groups is 1. The maximum absolute atomic E-state index is 11.8. The van der Waals surface area contributed by atoms with Crippen molar-refractivity contribution < 1.29 is 4.79 Å². The number of rotatable bonds is 4. The zero-order valence-corrected chi connectivity index (χ0v) is 11.3. The van der Waals surface area contributed by atoms with Crippen LogP contribution in [0.1, 0.15) is 47.0 Å². The van der Waals surface area contributed by atoms with E-state index in [1.807, 2.05) is 20.9 Å². The molecule has 3 heteroatoms. The van der Waals surface area contributed by atoms with E-state index in [1.165, 1.54) is 19.3 Å². The van der Waals surface area contributed by atoms with E-state index in [0.29, 0.717) is 18.0 Å². The average Bonchev–Trinajstić information content (AvgIpc) is 2.52. The molecule has 1 saturated carbocycles. The third kappa shape index (κ3) is 3.21. The number of amides is 1.